The van der Waals surface area contributed by atoms with Crippen molar-refractivity contribution in [2.45, 2.75) is 6.04 Å². The fraction of sp³-hybridized carbons (Fsp3) is 0.167. The van der Waals surface area contributed by atoms with Crippen LogP contribution in [0.15, 0.2) is 11.4 Å². The van der Waals surface area contributed by atoms with E-state index >= 15 is 0 Å². The third-order valence-corrected chi connectivity index (χ3v) is 1.84. The first-order valence-corrected chi connectivity index (χ1v) is 3.51. The number of nitrogens with zero attached hydrogens (tertiary/aromatic N) is 1. The van der Waals surface area contributed by atoms with Crippen molar-refractivity contribution in [2.75, 3.05) is 0 Å². The van der Waals surface area contributed by atoms with Gasteiger partial charge in [0.25, 0.3) is 0 Å². The van der Waals surface area contributed by atoms with Crippen LogP contribution in [0.4, 0.5) is 4.39 Å². The SMILES string of the molecule is N#CC(N)c1ccsc1F. The molecule has 1 aromatic heterocycles. The topological polar surface area (TPSA) is 49.8 Å². The minimum Gasteiger partial charge on any atom is -0.312 e. The molecule has 52 valence electrons. The van der Waals surface area contributed by atoms with Gasteiger partial charge in [-0.3, -0.25) is 0 Å². The first-order valence-electron chi connectivity index (χ1n) is 2.64. The van der Waals surface area contributed by atoms with Gasteiger partial charge in [0, 0.05) is 5.56 Å². The van der Waals surface area contributed by atoms with Gasteiger partial charge in [-0.2, -0.15) is 9.65 Å². The maximum absolute atomic E-state index is 12.6. The second-order valence-electron chi connectivity index (χ2n) is 1.76. The Bertz CT molecular complexity index is 263. The Hall–Kier alpha value is -0.920. The zero-order valence-corrected chi connectivity index (χ0v) is 5.86. The number of halogens is 1. The van der Waals surface area contributed by atoms with Crippen molar-refractivity contribution < 1.29 is 4.39 Å². The molecule has 0 saturated carbocycles. The quantitative estimate of drug-likeness (QED) is 0.668. The molecule has 10 heavy (non-hydrogen) atoms. The number of rotatable bonds is 1. The lowest BCUT2D eigenvalue weighted by Gasteiger charge is -1.95. The average Bonchev–Trinajstić information content (AvgIpc) is 2.34. The van der Waals surface area contributed by atoms with E-state index in [1.165, 1.54) is 6.07 Å². The molecule has 0 aliphatic rings. The third kappa shape index (κ3) is 1.15. The maximum Gasteiger partial charge on any atom is 0.182 e. The van der Waals surface area contributed by atoms with Crippen LogP contribution in [0.5, 0.6) is 0 Å². The van der Waals surface area contributed by atoms with Crippen LogP contribution in [0, 0.1) is 16.5 Å². The van der Waals surface area contributed by atoms with Gasteiger partial charge in [-0.05, 0) is 11.4 Å². The normalized spacial score (nSPS) is 12.5. The van der Waals surface area contributed by atoms with E-state index < -0.39 is 6.04 Å². The number of hydrogen-bond donors (Lipinski definition) is 1. The second-order valence-corrected chi connectivity index (χ2v) is 2.62. The molecule has 2 nitrogen and oxygen atoms in total. The van der Waals surface area contributed by atoms with Crippen molar-refractivity contribution in [3.63, 3.8) is 0 Å². The molecule has 1 heterocycles. The van der Waals surface area contributed by atoms with Crippen molar-refractivity contribution >= 4 is 11.3 Å². The predicted molar refractivity (Wildman–Crippen MR) is 36.8 cm³/mol. The standard InChI is InChI=1S/C6H5FN2S/c7-6-4(1-2-10-6)5(9)3-8/h1-2,5H,9H2. The molecule has 4 heteroatoms. The van der Waals surface area contributed by atoms with Gasteiger partial charge < -0.3 is 5.73 Å². The molecule has 1 unspecified atom stereocenters. The van der Waals surface area contributed by atoms with Crippen LogP contribution in [0.25, 0.3) is 0 Å². The Balaban J connectivity index is 2.96. The Kier molecular flexibility index (Phi) is 2.00. The predicted octanol–water partition coefficient (Wildman–Crippen LogP) is 1.41. The summed E-state index contributed by atoms with van der Waals surface area (Å²) in [6, 6.07) is 2.45. The van der Waals surface area contributed by atoms with E-state index in [1.807, 2.05) is 0 Å². The summed E-state index contributed by atoms with van der Waals surface area (Å²) in [5, 5.41) is 9.50. The number of thiophene rings is 1. The van der Waals surface area contributed by atoms with Crippen LogP contribution >= 0.6 is 11.3 Å². The number of hydrogen-bond acceptors (Lipinski definition) is 3. The average molecular weight is 156 g/mol. The van der Waals surface area contributed by atoms with Crippen LogP contribution in [-0.4, -0.2) is 0 Å². The second kappa shape index (κ2) is 2.78. The Labute approximate surface area is 61.7 Å². The van der Waals surface area contributed by atoms with Gasteiger partial charge >= 0.3 is 0 Å². The van der Waals surface area contributed by atoms with Crippen molar-refractivity contribution in [2.24, 2.45) is 5.73 Å². The van der Waals surface area contributed by atoms with Crippen LogP contribution in [-0.2, 0) is 0 Å². The fourth-order valence-corrected chi connectivity index (χ4v) is 1.26. The smallest absolute Gasteiger partial charge is 0.182 e. The molecule has 2 N–H and O–H groups in total. The van der Waals surface area contributed by atoms with Crippen molar-refractivity contribution in [1.82, 2.24) is 0 Å². The monoisotopic (exact) mass is 156 g/mol. The third-order valence-electron chi connectivity index (χ3n) is 1.12. The van der Waals surface area contributed by atoms with Gasteiger partial charge in [-0.25, -0.2) is 0 Å². The minimum absolute atomic E-state index is 0.285. The Morgan fingerprint density at radius 1 is 1.80 bits per heavy atom. The van der Waals surface area contributed by atoms with Crippen LogP contribution in [0.3, 0.4) is 0 Å². The molecule has 0 saturated heterocycles. The molecule has 1 atom stereocenters. The molecule has 1 aromatic rings. The molecule has 0 fully saturated rings. The fourth-order valence-electron chi connectivity index (χ4n) is 0.596. The van der Waals surface area contributed by atoms with Gasteiger partial charge in [0.1, 0.15) is 6.04 Å². The van der Waals surface area contributed by atoms with Gasteiger partial charge in [0.2, 0.25) is 0 Å². The maximum atomic E-state index is 12.6. The van der Waals surface area contributed by atoms with Crippen LogP contribution in [0.2, 0.25) is 0 Å². The largest absolute Gasteiger partial charge is 0.312 e. The van der Waals surface area contributed by atoms with Gasteiger partial charge in [0.15, 0.2) is 5.13 Å². The zero-order valence-electron chi connectivity index (χ0n) is 5.04. The van der Waals surface area contributed by atoms with Crippen LogP contribution < -0.4 is 5.73 Å². The molecule has 0 aliphatic carbocycles. The van der Waals surface area contributed by atoms with Gasteiger partial charge in [-0.15, -0.1) is 11.3 Å². The van der Waals surface area contributed by atoms with Crippen molar-refractivity contribution in [3.05, 3.63) is 22.1 Å². The van der Waals surface area contributed by atoms with Crippen molar-refractivity contribution in [1.29, 1.82) is 5.26 Å². The van der Waals surface area contributed by atoms with Gasteiger partial charge in [0.05, 0.1) is 6.07 Å². The first-order chi connectivity index (χ1) is 4.75. The lowest BCUT2D eigenvalue weighted by Crippen LogP contribution is -2.06. The van der Waals surface area contributed by atoms with E-state index in [4.69, 9.17) is 11.0 Å². The summed E-state index contributed by atoms with van der Waals surface area (Å²) in [5.74, 6) is 0. The molecule has 1 rings (SSSR count). The molecule has 0 aliphatic heterocycles. The first kappa shape index (κ1) is 7.19. The van der Waals surface area contributed by atoms with E-state index in [-0.39, 0.29) is 10.7 Å². The summed E-state index contributed by atoms with van der Waals surface area (Å²) in [7, 11) is 0. The highest BCUT2D eigenvalue weighted by Crippen LogP contribution is 2.18. The van der Waals surface area contributed by atoms with Crippen LogP contribution in [0.1, 0.15) is 11.6 Å². The van der Waals surface area contributed by atoms with E-state index in [0.29, 0.717) is 0 Å². The van der Waals surface area contributed by atoms with E-state index in [0.717, 1.165) is 11.3 Å². The molecule has 0 spiro atoms. The number of nitrogens with two attached hydrogens (primary N) is 1. The Morgan fingerprint density at radius 2 is 2.50 bits per heavy atom. The summed E-state index contributed by atoms with van der Waals surface area (Å²) in [6.45, 7) is 0. The highest BCUT2D eigenvalue weighted by molar-refractivity contribution is 7.08. The van der Waals surface area contributed by atoms with Gasteiger partial charge in [-0.1, -0.05) is 0 Å². The summed E-state index contributed by atoms with van der Waals surface area (Å²) < 4.78 is 12.6. The number of nitriles is 1. The molecular formula is C6H5FN2S. The van der Waals surface area contributed by atoms with E-state index in [9.17, 15) is 4.39 Å². The summed E-state index contributed by atoms with van der Waals surface area (Å²) >= 11 is 0.950. The highest BCUT2D eigenvalue weighted by atomic mass is 32.1. The van der Waals surface area contributed by atoms with E-state index in [1.54, 1.807) is 11.4 Å². The highest BCUT2D eigenvalue weighted by Gasteiger charge is 2.10. The summed E-state index contributed by atoms with van der Waals surface area (Å²) in [5.41, 5.74) is 5.53. The minimum atomic E-state index is -0.828. The molecule has 0 bridgehead atoms. The zero-order chi connectivity index (χ0) is 7.56. The molecule has 0 aromatic carbocycles. The summed E-state index contributed by atoms with van der Waals surface area (Å²) in [6.07, 6.45) is 0. The lowest BCUT2D eigenvalue weighted by molar-refractivity contribution is 0.633. The summed E-state index contributed by atoms with van der Waals surface area (Å²) in [4.78, 5) is 0. The molecule has 0 radical (unpaired) electrons. The molecule has 0 amide bonds. The lowest BCUT2D eigenvalue weighted by atomic mass is 10.2. The van der Waals surface area contributed by atoms with E-state index in [2.05, 4.69) is 0 Å². The Morgan fingerprint density at radius 3 is 2.90 bits per heavy atom. The van der Waals surface area contributed by atoms with Crippen molar-refractivity contribution in [3.8, 4) is 6.07 Å². The molecular weight excluding hydrogens is 151 g/mol.